The van der Waals surface area contributed by atoms with Gasteiger partial charge in [0.05, 0.1) is 6.61 Å². The van der Waals surface area contributed by atoms with E-state index in [4.69, 9.17) is 4.74 Å². The maximum atomic E-state index is 12.1. The van der Waals surface area contributed by atoms with Crippen LogP contribution < -0.4 is 10.1 Å². The number of hydrogen-bond acceptors (Lipinski definition) is 4. The van der Waals surface area contributed by atoms with Gasteiger partial charge in [0.15, 0.2) is 0 Å². The van der Waals surface area contributed by atoms with Gasteiger partial charge in [0.2, 0.25) is 11.8 Å². The van der Waals surface area contributed by atoms with Crippen LogP contribution >= 0.6 is 0 Å². The lowest BCUT2D eigenvalue weighted by Crippen LogP contribution is -2.53. The number of rotatable bonds is 3. The van der Waals surface area contributed by atoms with Crippen molar-refractivity contribution in [2.45, 2.75) is 6.92 Å². The first-order valence-electron chi connectivity index (χ1n) is 5.95. The van der Waals surface area contributed by atoms with E-state index >= 15 is 0 Å². The van der Waals surface area contributed by atoms with Crippen LogP contribution in [0.4, 0.5) is 0 Å². The molecule has 1 saturated heterocycles. The summed E-state index contributed by atoms with van der Waals surface area (Å²) < 4.78 is 5.28. The molecule has 6 heteroatoms. The molecule has 2 rings (SSSR count). The lowest BCUT2D eigenvalue weighted by molar-refractivity contribution is -0.135. The summed E-state index contributed by atoms with van der Waals surface area (Å²) in [5.74, 6) is -0.594. The molecule has 0 radical (unpaired) electrons. The van der Waals surface area contributed by atoms with Gasteiger partial charge >= 0.3 is 0 Å². The molecule has 0 bridgehead atoms. The molecular weight excluding hydrogens is 248 g/mol. The number of nitrogens with one attached hydrogen (secondary N) is 1. The minimum atomic E-state index is -0.462. The Hall–Kier alpha value is -2.37. The minimum absolute atomic E-state index is 0.0994. The summed E-state index contributed by atoms with van der Waals surface area (Å²) in [5, 5.41) is 2.15. The fraction of sp³-hybridized carbons (Fsp3) is 0.308. The van der Waals surface area contributed by atoms with Crippen LogP contribution in [0.5, 0.6) is 5.75 Å². The van der Waals surface area contributed by atoms with E-state index in [1.54, 1.807) is 24.3 Å². The van der Waals surface area contributed by atoms with E-state index in [9.17, 15) is 14.4 Å². The highest BCUT2D eigenvalue weighted by Gasteiger charge is 2.26. The third-order valence-corrected chi connectivity index (χ3v) is 2.65. The lowest BCUT2D eigenvalue weighted by Gasteiger charge is -2.25. The Morgan fingerprint density at radius 2 is 1.79 bits per heavy atom. The van der Waals surface area contributed by atoms with Crippen LogP contribution in [0.25, 0.3) is 0 Å². The third kappa shape index (κ3) is 3.09. The van der Waals surface area contributed by atoms with Crippen molar-refractivity contribution in [2.24, 2.45) is 0 Å². The van der Waals surface area contributed by atoms with Crippen LogP contribution in [-0.2, 0) is 9.59 Å². The average molecular weight is 262 g/mol. The average Bonchev–Trinajstić information content (AvgIpc) is 2.38. The first kappa shape index (κ1) is 13.1. The van der Waals surface area contributed by atoms with E-state index in [1.807, 2.05) is 6.92 Å². The number of hydrogen-bond donors (Lipinski definition) is 1. The SMILES string of the molecule is CCOc1ccc(C(=O)N2CC(=O)NC(=O)C2)cc1. The summed E-state index contributed by atoms with van der Waals surface area (Å²) in [5.41, 5.74) is 0.422. The predicted octanol–water partition coefficient (Wildman–Crippen LogP) is 0.184. The molecule has 6 nitrogen and oxygen atoms in total. The Bertz CT molecular complexity index is 494. The van der Waals surface area contributed by atoms with E-state index in [0.29, 0.717) is 17.9 Å². The van der Waals surface area contributed by atoms with Gasteiger partial charge in [0, 0.05) is 5.56 Å². The standard InChI is InChI=1S/C13H14N2O4/c1-2-19-10-5-3-9(4-6-10)13(18)15-7-11(16)14-12(17)8-15/h3-6H,2,7-8H2,1H3,(H,14,16,17). The zero-order chi connectivity index (χ0) is 13.8. The maximum absolute atomic E-state index is 12.1. The van der Waals surface area contributed by atoms with Gasteiger partial charge in [-0.15, -0.1) is 0 Å². The van der Waals surface area contributed by atoms with E-state index < -0.39 is 11.8 Å². The van der Waals surface area contributed by atoms with Gasteiger partial charge in [0.1, 0.15) is 18.8 Å². The second kappa shape index (κ2) is 5.51. The first-order valence-corrected chi connectivity index (χ1v) is 5.95. The number of ether oxygens (including phenoxy) is 1. The van der Waals surface area contributed by atoms with Crippen LogP contribution in [-0.4, -0.2) is 42.3 Å². The molecule has 100 valence electrons. The molecule has 0 saturated carbocycles. The summed E-state index contributed by atoms with van der Waals surface area (Å²) in [6, 6.07) is 6.60. The number of amides is 3. The molecule has 1 fully saturated rings. The molecule has 0 aromatic heterocycles. The second-order valence-electron chi connectivity index (χ2n) is 4.09. The minimum Gasteiger partial charge on any atom is -0.494 e. The van der Waals surface area contributed by atoms with E-state index in [0.717, 1.165) is 0 Å². The highest BCUT2D eigenvalue weighted by atomic mass is 16.5. The predicted molar refractivity (Wildman–Crippen MR) is 66.7 cm³/mol. The van der Waals surface area contributed by atoms with Gasteiger partial charge in [-0.05, 0) is 31.2 Å². The van der Waals surface area contributed by atoms with Crippen molar-refractivity contribution in [2.75, 3.05) is 19.7 Å². The van der Waals surface area contributed by atoms with Crippen molar-refractivity contribution in [3.05, 3.63) is 29.8 Å². The molecular formula is C13H14N2O4. The number of carbonyl (C=O) groups excluding carboxylic acids is 3. The molecule has 1 N–H and O–H groups in total. The van der Waals surface area contributed by atoms with Gasteiger partial charge in [-0.25, -0.2) is 0 Å². The Labute approximate surface area is 110 Å². The van der Waals surface area contributed by atoms with Crippen molar-refractivity contribution in [1.82, 2.24) is 10.2 Å². The number of piperazine rings is 1. The van der Waals surface area contributed by atoms with Gasteiger partial charge in [-0.3, -0.25) is 19.7 Å². The molecule has 3 amide bonds. The molecule has 1 aromatic rings. The smallest absolute Gasteiger partial charge is 0.254 e. The second-order valence-corrected chi connectivity index (χ2v) is 4.09. The molecule has 0 spiro atoms. The van der Waals surface area contributed by atoms with E-state index in [1.165, 1.54) is 4.90 Å². The zero-order valence-electron chi connectivity index (χ0n) is 10.5. The van der Waals surface area contributed by atoms with Gasteiger partial charge in [0.25, 0.3) is 5.91 Å². The Balaban J connectivity index is 2.10. The van der Waals surface area contributed by atoms with Gasteiger partial charge in [-0.1, -0.05) is 0 Å². The molecule has 19 heavy (non-hydrogen) atoms. The molecule has 1 aliphatic rings. The Morgan fingerprint density at radius 3 is 2.32 bits per heavy atom. The van der Waals surface area contributed by atoms with Gasteiger partial charge < -0.3 is 9.64 Å². The molecule has 1 aromatic carbocycles. The summed E-state index contributed by atoms with van der Waals surface area (Å²) in [4.78, 5) is 35.8. The first-order chi connectivity index (χ1) is 9.10. The number of imide groups is 1. The lowest BCUT2D eigenvalue weighted by atomic mass is 10.1. The topological polar surface area (TPSA) is 75.7 Å². The quantitative estimate of drug-likeness (QED) is 0.789. The van der Waals surface area contributed by atoms with Crippen LogP contribution in [0.1, 0.15) is 17.3 Å². The van der Waals surface area contributed by atoms with Crippen LogP contribution in [0.2, 0.25) is 0 Å². The highest BCUT2D eigenvalue weighted by molar-refractivity contribution is 6.05. The Kier molecular flexibility index (Phi) is 3.79. The van der Waals surface area contributed by atoms with E-state index in [2.05, 4.69) is 5.32 Å². The van der Waals surface area contributed by atoms with E-state index in [-0.39, 0.29) is 19.0 Å². The maximum Gasteiger partial charge on any atom is 0.254 e. The van der Waals surface area contributed by atoms with Crippen molar-refractivity contribution < 1.29 is 19.1 Å². The molecule has 0 unspecified atom stereocenters. The van der Waals surface area contributed by atoms with Crippen molar-refractivity contribution in [1.29, 1.82) is 0 Å². The largest absolute Gasteiger partial charge is 0.494 e. The van der Waals surface area contributed by atoms with Crippen molar-refractivity contribution in [3.8, 4) is 5.75 Å². The number of carbonyl (C=O) groups is 3. The number of nitrogens with zero attached hydrogens (tertiary/aromatic N) is 1. The van der Waals surface area contributed by atoms with Crippen molar-refractivity contribution >= 4 is 17.7 Å². The Morgan fingerprint density at radius 1 is 1.21 bits per heavy atom. The molecule has 1 heterocycles. The normalized spacial score (nSPS) is 15.1. The highest BCUT2D eigenvalue weighted by Crippen LogP contribution is 2.14. The van der Waals surface area contributed by atoms with Crippen LogP contribution in [0.15, 0.2) is 24.3 Å². The zero-order valence-corrected chi connectivity index (χ0v) is 10.5. The number of benzene rings is 1. The fourth-order valence-corrected chi connectivity index (χ4v) is 1.82. The van der Waals surface area contributed by atoms with Crippen LogP contribution in [0.3, 0.4) is 0 Å². The summed E-state index contributed by atoms with van der Waals surface area (Å²) in [7, 11) is 0. The van der Waals surface area contributed by atoms with Gasteiger partial charge in [-0.2, -0.15) is 0 Å². The molecule has 0 aliphatic carbocycles. The summed E-state index contributed by atoms with van der Waals surface area (Å²) in [6.07, 6.45) is 0. The fourth-order valence-electron chi connectivity index (χ4n) is 1.82. The monoisotopic (exact) mass is 262 g/mol. The van der Waals surface area contributed by atoms with Crippen LogP contribution in [0, 0.1) is 0 Å². The molecule has 1 aliphatic heterocycles. The third-order valence-electron chi connectivity index (χ3n) is 2.65. The summed E-state index contributed by atoms with van der Waals surface area (Å²) >= 11 is 0. The van der Waals surface area contributed by atoms with Crippen molar-refractivity contribution in [3.63, 3.8) is 0 Å². The summed E-state index contributed by atoms with van der Waals surface area (Å²) in [6.45, 7) is 2.22. The molecule has 0 atom stereocenters.